The first-order valence-electron chi connectivity index (χ1n) is 7.22. The Morgan fingerprint density at radius 2 is 1.79 bits per heavy atom. The zero-order valence-corrected chi connectivity index (χ0v) is 11.7. The van der Waals surface area contributed by atoms with Crippen molar-refractivity contribution in [3.63, 3.8) is 0 Å². The van der Waals surface area contributed by atoms with Crippen LogP contribution in [0.25, 0.3) is 0 Å². The van der Waals surface area contributed by atoms with Gasteiger partial charge in [0, 0.05) is 18.5 Å². The molecule has 2 unspecified atom stereocenters. The Labute approximate surface area is 114 Å². The van der Waals surface area contributed by atoms with Gasteiger partial charge >= 0.3 is 0 Å². The number of nitrogens with two attached hydrogens (primary N) is 1. The Bertz CT molecular complexity index is 487. The van der Waals surface area contributed by atoms with E-state index in [0.717, 1.165) is 19.3 Å². The second kappa shape index (κ2) is 4.64. The molecule has 19 heavy (non-hydrogen) atoms. The first-order valence-corrected chi connectivity index (χ1v) is 7.22. The molecule has 1 aromatic carbocycles. The molecule has 2 fully saturated rings. The van der Waals surface area contributed by atoms with Crippen molar-refractivity contribution in [1.82, 2.24) is 4.90 Å². The van der Waals surface area contributed by atoms with E-state index in [-0.39, 0.29) is 18.0 Å². The highest BCUT2D eigenvalue weighted by atomic mass is 16.2. The number of carbonyl (C=O) groups excluding carboxylic acids is 1. The van der Waals surface area contributed by atoms with Gasteiger partial charge in [0.15, 0.2) is 0 Å². The van der Waals surface area contributed by atoms with Gasteiger partial charge in [-0.1, -0.05) is 18.2 Å². The predicted octanol–water partition coefficient (Wildman–Crippen LogP) is 2.46. The van der Waals surface area contributed by atoms with Gasteiger partial charge in [0.25, 0.3) is 0 Å². The quantitative estimate of drug-likeness (QED) is 0.885. The van der Waals surface area contributed by atoms with Crippen molar-refractivity contribution < 1.29 is 4.79 Å². The maximum atomic E-state index is 12.3. The summed E-state index contributed by atoms with van der Waals surface area (Å²) in [6.45, 7) is 4.25. The lowest BCUT2D eigenvalue weighted by molar-refractivity contribution is -0.138. The number of benzene rings is 1. The van der Waals surface area contributed by atoms with E-state index in [4.69, 9.17) is 5.73 Å². The number of hydrogen-bond donors (Lipinski definition) is 1. The van der Waals surface area contributed by atoms with Gasteiger partial charge in [-0.25, -0.2) is 0 Å². The summed E-state index contributed by atoms with van der Waals surface area (Å²) in [7, 11) is 0. The standard InChI is InChI=1S/C16H22N2O/c1-10-4-3-5-11(2)15(10)16-13(17)8-9-14(19)18(16)12-6-7-12/h3-5,12-13,16H,6-9,17H2,1-2H3. The summed E-state index contributed by atoms with van der Waals surface area (Å²) < 4.78 is 0. The van der Waals surface area contributed by atoms with Gasteiger partial charge in [0.1, 0.15) is 0 Å². The lowest BCUT2D eigenvalue weighted by atomic mass is 9.85. The van der Waals surface area contributed by atoms with Gasteiger partial charge in [-0.2, -0.15) is 0 Å². The average molecular weight is 258 g/mol. The van der Waals surface area contributed by atoms with Crippen LogP contribution in [0.4, 0.5) is 0 Å². The minimum absolute atomic E-state index is 0.0677. The molecule has 102 valence electrons. The Morgan fingerprint density at radius 3 is 2.37 bits per heavy atom. The van der Waals surface area contributed by atoms with Crippen molar-refractivity contribution in [2.24, 2.45) is 5.73 Å². The maximum absolute atomic E-state index is 12.3. The van der Waals surface area contributed by atoms with Crippen molar-refractivity contribution >= 4 is 5.91 Å². The molecular weight excluding hydrogens is 236 g/mol. The van der Waals surface area contributed by atoms with E-state index in [9.17, 15) is 4.79 Å². The van der Waals surface area contributed by atoms with Crippen LogP contribution < -0.4 is 5.73 Å². The van der Waals surface area contributed by atoms with Crippen LogP contribution in [0.2, 0.25) is 0 Å². The highest BCUT2D eigenvalue weighted by Crippen LogP contribution is 2.41. The van der Waals surface area contributed by atoms with Crippen LogP contribution in [0.15, 0.2) is 18.2 Å². The highest BCUT2D eigenvalue weighted by Gasteiger charge is 2.43. The molecule has 2 N–H and O–H groups in total. The van der Waals surface area contributed by atoms with Gasteiger partial charge < -0.3 is 10.6 Å². The van der Waals surface area contributed by atoms with Gasteiger partial charge in [0.2, 0.25) is 5.91 Å². The largest absolute Gasteiger partial charge is 0.331 e. The fraction of sp³-hybridized carbons (Fsp3) is 0.562. The van der Waals surface area contributed by atoms with E-state index in [2.05, 4.69) is 36.9 Å². The summed E-state index contributed by atoms with van der Waals surface area (Å²) in [5, 5.41) is 0. The molecule has 1 amide bonds. The smallest absolute Gasteiger partial charge is 0.223 e. The molecule has 2 atom stereocenters. The van der Waals surface area contributed by atoms with Gasteiger partial charge in [0.05, 0.1) is 6.04 Å². The molecule has 3 nitrogen and oxygen atoms in total. The summed E-state index contributed by atoms with van der Waals surface area (Å²) in [4.78, 5) is 14.4. The third-order valence-electron chi connectivity index (χ3n) is 4.46. The molecule has 1 aliphatic heterocycles. The molecule has 2 aliphatic rings. The number of amides is 1. The molecule has 3 rings (SSSR count). The molecule has 0 bridgehead atoms. The Balaban J connectivity index is 2.05. The van der Waals surface area contributed by atoms with Crippen molar-refractivity contribution in [3.8, 4) is 0 Å². The Hall–Kier alpha value is -1.35. The monoisotopic (exact) mass is 258 g/mol. The number of carbonyl (C=O) groups is 1. The number of hydrogen-bond acceptors (Lipinski definition) is 2. The van der Waals surface area contributed by atoms with Crippen LogP contribution in [0.3, 0.4) is 0 Å². The van der Waals surface area contributed by atoms with E-state index in [0.29, 0.717) is 12.5 Å². The average Bonchev–Trinajstić information content (AvgIpc) is 3.17. The predicted molar refractivity (Wildman–Crippen MR) is 75.7 cm³/mol. The number of likely N-dealkylation sites (tertiary alicyclic amines) is 1. The SMILES string of the molecule is Cc1cccc(C)c1C1C(N)CCC(=O)N1C1CC1. The zero-order chi connectivity index (χ0) is 13.6. The summed E-state index contributed by atoms with van der Waals surface area (Å²) >= 11 is 0. The van der Waals surface area contributed by atoms with Crippen molar-refractivity contribution in [3.05, 3.63) is 34.9 Å². The van der Waals surface area contributed by atoms with Crippen LogP contribution in [-0.2, 0) is 4.79 Å². The number of piperidine rings is 1. The van der Waals surface area contributed by atoms with E-state index in [1.807, 2.05) is 0 Å². The molecule has 1 aliphatic carbocycles. The second-order valence-corrected chi connectivity index (χ2v) is 5.99. The summed E-state index contributed by atoms with van der Waals surface area (Å²) in [5.41, 5.74) is 10.1. The molecule has 1 heterocycles. The number of nitrogens with zero attached hydrogens (tertiary/aromatic N) is 1. The normalized spacial score (nSPS) is 27.7. The van der Waals surface area contributed by atoms with Crippen molar-refractivity contribution in [2.45, 2.75) is 57.7 Å². The lowest BCUT2D eigenvalue weighted by Gasteiger charge is -2.41. The van der Waals surface area contributed by atoms with Gasteiger partial charge in [-0.3, -0.25) is 4.79 Å². The third kappa shape index (κ3) is 2.16. The molecule has 0 spiro atoms. The summed E-state index contributed by atoms with van der Waals surface area (Å²) in [6, 6.07) is 6.90. The number of aryl methyl sites for hydroxylation is 2. The Kier molecular flexibility index (Phi) is 3.09. The van der Waals surface area contributed by atoms with Crippen molar-refractivity contribution in [2.75, 3.05) is 0 Å². The fourth-order valence-corrected chi connectivity index (χ4v) is 3.37. The van der Waals surface area contributed by atoms with E-state index in [1.54, 1.807) is 0 Å². The van der Waals surface area contributed by atoms with E-state index >= 15 is 0 Å². The Morgan fingerprint density at radius 1 is 1.16 bits per heavy atom. The molecule has 1 aromatic rings. The summed E-state index contributed by atoms with van der Waals surface area (Å²) in [6.07, 6.45) is 3.69. The topological polar surface area (TPSA) is 46.3 Å². The molecule has 3 heteroatoms. The van der Waals surface area contributed by atoms with Crippen LogP contribution in [0, 0.1) is 13.8 Å². The maximum Gasteiger partial charge on any atom is 0.223 e. The summed E-state index contributed by atoms with van der Waals surface area (Å²) in [5.74, 6) is 0.289. The van der Waals surface area contributed by atoms with Gasteiger partial charge in [-0.15, -0.1) is 0 Å². The minimum Gasteiger partial charge on any atom is -0.331 e. The molecular formula is C16H22N2O. The highest BCUT2D eigenvalue weighted by molar-refractivity contribution is 5.79. The zero-order valence-electron chi connectivity index (χ0n) is 11.7. The van der Waals surface area contributed by atoms with Crippen LogP contribution in [0.5, 0.6) is 0 Å². The van der Waals surface area contributed by atoms with Crippen molar-refractivity contribution in [1.29, 1.82) is 0 Å². The molecule has 1 saturated carbocycles. The first-order chi connectivity index (χ1) is 9.09. The fourth-order valence-electron chi connectivity index (χ4n) is 3.37. The molecule has 0 aromatic heterocycles. The molecule has 0 radical (unpaired) electrons. The third-order valence-corrected chi connectivity index (χ3v) is 4.46. The number of rotatable bonds is 2. The van der Waals surface area contributed by atoms with E-state index < -0.39 is 0 Å². The minimum atomic E-state index is 0.0677. The first kappa shape index (κ1) is 12.7. The van der Waals surface area contributed by atoms with E-state index in [1.165, 1.54) is 16.7 Å². The van der Waals surface area contributed by atoms with Gasteiger partial charge in [-0.05, 0) is 49.8 Å². The van der Waals surface area contributed by atoms with Crippen LogP contribution in [0.1, 0.15) is 48.4 Å². The van der Waals surface area contributed by atoms with Crippen LogP contribution >= 0.6 is 0 Å². The van der Waals surface area contributed by atoms with Crippen LogP contribution in [-0.4, -0.2) is 22.9 Å². The molecule has 1 saturated heterocycles. The second-order valence-electron chi connectivity index (χ2n) is 5.99. The lowest BCUT2D eigenvalue weighted by Crippen LogP contribution is -2.50.